The maximum absolute atomic E-state index is 12.6. The van der Waals surface area contributed by atoms with Gasteiger partial charge in [-0.2, -0.15) is 5.26 Å². The zero-order valence-corrected chi connectivity index (χ0v) is 17.4. The van der Waals surface area contributed by atoms with Crippen molar-refractivity contribution in [3.05, 3.63) is 101 Å². The molecule has 7 nitrogen and oxygen atoms in total. The number of nitrogens with one attached hydrogen (secondary N) is 2. The van der Waals surface area contributed by atoms with Gasteiger partial charge in [0, 0.05) is 28.4 Å². The zero-order valence-electron chi connectivity index (χ0n) is 17.4. The second kappa shape index (κ2) is 9.54. The van der Waals surface area contributed by atoms with Crippen LogP contribution in [0, 0.1) is 11.3 Å². The van der Waals surface area contributed by atoms with Crippen LogP contribution in [0.15, 0.2) is 84.6 Å². The Hall–Kier alpha value is -4.83. The summed E-state index contributed by atoms with van der Waals surface area (Å²) in [6.07, 6.45) is 3.19. The molecule has 4 aromatic rings. The zero-order chi connectivity index (χ0) is 23.2. The molecule has 7 heteroatoms. The number of nitrogens with zero attached hydrogens (tertiary/aromatic N) is 1. The fourth-order valence-electron chi connectivity index (χ4n) is 3.30. The maximum Gasteiger partial charge on any atom is 0.335 e. The number of aromatic nitrogens is 1. The molecule has 162 valence electrons. The topological polar surface area (TPSA) is 115 Å². The van der Waals surface area contributed by atoms with Crippen LogP contribution in [0.5, 0.6) is 5.75 Å². The van der Waals surface area contributed by atoms with Crippen LogP contribution in [-0.2, 0) is 11.4 Å². The lowest BCUT2D eigenvalue weighted by Gasteiger charge is -2.07. The fraction of sp³-hybridized carbons (Fsp3) is 0.0385. The second-order valence-corrected chi connectivity index (χ2v) is 7.24. The first-order chi connectivity index (χ1) is 16.0. The molecule has 1 heterocycles. The summed E-state index contributed by atoms with van der Waals surface area (Å²) < 4.78 is 5.89. The van der Waals surface area contributed by atoms with Crippen LogP contribution in [0.25, 0.3) is 17.0 Å². The minimum absolute atomic E-state index is 0.0370. The van der Waals surface area contributed by atoms with Gasteiger partial charge in [-0.25, -0.2) is 4.79 Å². The number of rotatable bonds is 7. The Morgan fingerprint density at radius 3 is 2.64 bits per heavy atom. The molecule has 4 rings (SSSR count). The number of ether oxygens (including phenoxy) is 1. The maximum atomic E-state index is 12.6. The molecule has 0 aliphatic heterocycles. The number of benzene rings is 3. The first-order valence-electron chi connectivity index (χ1n) is 10.1. The number of amides is 1. The minimum Gasteiger partial charge on any atom is -0.489 e. The highest BCUT2D eigenvalue weighted by Gasteiger charge is 2.13. The number of H-pyrrole nitrogens is 1. The van der Waals surface area contributed by atoms with E-state index in [1.54, 1.807) is 12.3 Å². The number of carboxylic acids is 1. The fourth-order valence-corrected chi connectivity index (χ4v) is 3.30. The van der Waals surface area contributed by atoms with Gasteiger partial charge in [0.05, 0.1) is 5.56 Å². The summed E-state index contributed by atoms with van der Waals surface area (Å²) in [7, 11) is 0. The third-order valence-electron chi connectivity index (χ3n) is 4.97. The Bertz CT molecular complexity index is 1400. The average Bonchev–Trinajstić information content (AvgIpc) is 3.23. The highest BCUT2D eigenvalue weighted by atomic mass is 16.5. The molecule has 0 radical (unpaired) electrons. The second-order valence-electron chi connectivity index (χ2n) is 7.24. The van der Waals surface area contributed by atoms with Crippen LogP contribution < -0.4 is 10.1 Å². The third-order valence-corrected chi connectivity index (χ3v) is 4.97. The van der Waals surface area contributed by atoms with Crippen LogP contribution in [0.4, 0.5) is 5.69 Å². The summed E-state index contributed by atoms with van der Waals surface area (Å²) in [6, 6.07) is 23.1. The smallest absolute Gasteiger partial charge is 0.335 e. The van der Waals surface area contributed by atoms with Gasteiger partial charge in [-0.3, -0.25) is 4.79 Å². The number of carbonyl (C=O) groups is 2. The van der Waals surface area contributed by atoms with Crippen molar-refractivity contribution in [1.29, 1.82) is 5.26 Å². The summed E-state index contributed by atoms with van der Waals surface area (Å²) in [4.78, 5) is 26.9. The van der Waals surface area contributed by atoms with E-state index in [4.69, 9.17) is 9.84 Å². The lowest BCUT2D eigenvalue weighted by molar-refractivity contribution is -0.112. The SMILES string of the molecule is N#C/C(=C\c1c[nH]c2ccc(OCc3ccccc3)cc12)C(=O)Nc1cccc(C(=O)O)c1. The molecule has 0 saturated carbocycles. The van der Waals surface area contributed by atoms with Crippen molar-refractivity contribution in [1.82, 2.24) is 4.98 Å². The van der Waals surface area contributed by atoms with Gasteiger partial charge in [0.25, 0.3) is 5.91 Å². The van der Waals surface area contributed by atoms with E-state index in [1.165, 1.54) is 24.3 Å². The quantitative estimate of drug-likeness (QED) is 0.278. The molecule has 0 bridgehead atoms. The molecular weight excluding hydrogens is 418 g/mol. The Morgan fingerprint density at radius 2 is 1.88 bits per heavy atom. The molecular formula is C26H19N3O4. The minimum atomic E-state index is -1.11. The summed E-state index contributed by atoms with van der Waals surface area (Å²) in [6.45, 7) is 0.420. The molecule has 1 amide bonds. The predicted molar refractivity (Wildman–Crippen MR) is 125 cm³/mol. The standard InChI is InChI=1S/C26H19N3O4/c27-14-19(25(30)29-21-8-4-7-18(12-21)26(31)32)11-20-15-28-24-10-9-22(13-23(20)24)33-16-17-5-2-1-3-6-17/h1-13,15,28H,16H2,(H,29,30)(H,31,32)/b19-11+. The molecule has 1 aromatic heterocycles. The van der Waals surface area contributed by atoms with Crippen molar-refractivity contribution in [2.24, 2.45) is 0 Å². The van der Waals surface area contributed by atoms with Crippen LogP contribution in [0.1, 0.15) is 21.5 Å². The van der Waals surface area contributed by atoms with Crippen LogP contribution >= 0.6 is 0 Å². The summed E-state index contributed by atoms with van der Waals surface area (Å²) in [5, 5.41) is 22.0. The van der Waals surface area contributed by atoms with Gasteiger partial charge < -0.3 is 20.1 Å². The van der Waals surface area contributed by atoms with E-state index in [-0.39, 0.29) is 16.8 Å². The molecule has 0 atom stereocenters. The van der Waals surface area contributed by atoms with Gasteiger partial charge in [0.1, 0.15) is 24.0 Å². The Labute approximate surface area is 189 Å². The van der Waals surface area contributed by atoms with E-state index in [9.17, 15) is 14.9 Å². The van der Waals surface area contributed by atoms with E-state index in [0.29, 0.717) is 17.9 Å². The van der Waals surface area contributed by atoms with Crippen LogP contribution in [0.3, 0.4) is 0 Å². The summed E-state index contributed by atoms with van der Waals surface area (Å²) in [5.41, 5.74) is 2.74. The Kier molecular flexibility index (Phi) is 6.19. The van der Waals surface area contributed by atoms with Crippen molar-refractivity contribution in [3.63, 3.8) is 0 Å². The molecule has 33 heavy (non-hydrogen) atoms. The number of fused-ring (bicyclic) bond motifs is 1. The molecule has 0 aliphatic carbocycles. The predicted octanol–water partition coefficient (Wildman–Crippen LogP) is 4.99. The third kappa shape index (κ3) is 5.09. The van der Waals surface area contributed by atoms with Crippen molar-refractivity contribution >= 4 is 34.5 Å². The number of hydrogen-bond acceptors (Lipinski definition) is 4. The molecule has 0 unspecified atom stereocenters. The van der Waals surface area contributed by atoms with Crippen LogP contribution in [-0.4, -0.2) is 22.0 Å². The molecule has 3 aromatic carbocycles. The molecule has 0 fully saturated rings. The molecule has 0 spiro atoms. The lowest BCUT2D eigenvalue weighted by Crippen LogP contribution is -2.13. The number of aromatic carboxylic acids is 1. The van der Waals surface area contributed by atoms with Crippen molar-refractivity contribution in [2.45, 2.75) is 6.61 Å². The highest BCUT2D eigenvalue weighted by molar-refractivity contribution is 6.11. The summed E-state index contributed by atoms with van der Waals surface area (Å²) >= 11 is 0. The van der Waals surface area contributed by atoms with Crippen LogP contribution in [0.2, 0.25) is 0 Å². The number of hydrogen-bond donors (Lipinski definition) is 3. The van der Waals surface area contributed by atoms with E-state index in [2.05, 4.69) is 10.3 Å². The van der Waals surface area contributed by atoms with Crippen molar-refractivity contribution in [2.75, 3.05) is 5.32 Å². The van der Waals surface area contributed by atoms with E-state index in [1.807, 2.05) is 54.6 Å². The van der Waals surface area contributed by atoms with E-state index in [0.717, 1.165) is 16.5 Å². The van der Waals surface area contributed by atoms with Gasteiger partial charge >= 0.3 is 5.97 Å². The monoisotopic (exact) mass is 437 g/mol. The normalized spacial score (nSPS) is 11.1. The van der Waals surface area contributed by atoms with Gasteiger partial charge in [0.15, 0.2) is 0 Å². The Balaban J connectivity index is 1.55. The number of aromatic amines is 1. The number of carbonyl (C=O) groups excluding carboxylic acids is 1. The van der Waals surface area contributed by atoms with E-state index >= 15 is 0 Å². The van der Waals surface area contributed by atoms with E-state index < -0.39 is 11.9 Å². The molecule has 0 saturated heterocycles. The average molecular weight is 437 g/mol. The first kappa shape index (κ1) is 21.4. The highest BCUT2D eigenvalue weighted by Crippen LogP contribution is 2.26. The van der Waals surface area contributed by atoms with Crippen molar-refractivity contribution in [3.8, 4) is 11.8 Å². The largest absolute Gasteiger partial charge is 0.489 e. The summed E-state index contributed by atoms with van der Waals surface area (Å²) in [5.74, 6) is -1.08. The number of anilines is 1. The Morgan fingerprint density at radius 1 is 1.06 bits per heavy atom. The van der Waals surface area contributed by atoms with Gasteiger partial charge in [0.2, 0.25) is 0 Å². The van der Waals surface area contributed by atoms with Gasteiger partial charge in [-0.05, 0) is 48.0 Å². The molecule has 3 N–H and O–H groups in total. The van der Waals surface area contributed by atoms with Crippen molar-refractivity contribution < 1.29 is 19.4 Å². The first-order valence-corrected chi connectivity index (χ1v) is 10.1. The number of nitriles is 1. The number of carboxylic acid groups (broad SMARTS) is 1. The molecule has 0 aliphatic rings. The van der Waals surface area contributed by atoms with Gasteiger partial charge in [-0.15, -0.1) is 0 Å². The van der Waals surface area contributed by atoms with Gasteiger partial charge in [-0.1, -0.05) is 36.4 Å². The lowest BCUT2D eigenvalue weighted by atomic mass is 10.1.